The summed E-state index contributed by atoms with van der Waals surface area (Å²) in [7, 11) is 2.21. The molecule has 3 nitrogen and oxygen atoms in total. The molecule has 0 atom stereocenters. The largest absolute Gasteiger partial charge is 0.316 e. The van der Waals surface area contributed by atoms with Gasteiger partial charge < -0.3 is 5.32 Å². The maximum absolute atomic E-state index is 4.61. The summed E-state index contributed by atoms with van der Waals surface area (Å²) in [5.41, 5.74) is 2.64. The number of hydrogen-bond acceptors (Lipinski definition) is 3. The van der Waals surface area contributed by atoms with E-state index in [1.807, 2.05) is 0 Å². The standard InChI is InChI=1S/C18H33N3/c1-6-12-19-14-18(7-2,8-3)15-21(5)13-17-11-9-10-16(4)20-17/h9-11,19H,6-8,12-15H2,1-5H3. The maximum atomic E-state index is 4.61. The van der Waals surface area contributed by atoms with Crippen LogP contribution in [-0.2, 0) is 6.54 Å². The van der Waals surface area contributed by atoms with E-state index >= 15 is 0 Å². The summed E-state index contributed by atoms with van der Waals surface area (Å²) in [4.78, 5) is 7.03. The number of nitrogens with zero attached hydrogens (tertiary/aromatic N) is 2. The SMILES string of the molecule is CCCNCC(CC)(CC)CN(C)Cc1cccc(C)n1. The number of pyridine rings is 1. The van der Waals surface area contributed by atoms with E-state index in [-0.39, 0.29) is 0 Å². The van der Waals surface area contributed by atoms with Crippen LogP contribution in [0, 0.1) is 12.3 Å². The first-order chi connectivity index (χ1) is 10.0. The van der Waals surface area contributed by atoms with Crippen LogP contribution in [0.1, 0.15) is 51.4 Å². The summed E-state index contributed by atoms with van der Waals surface area (Å²) >= 11 is 0. The smallest absolute Gasteiger partial charge is 0.0547 e. The van der Waals surface area contributed by atoms with Crippen LogP contribution in [0.2, 0.25) is 0 Å². The molecule has 0 bridgehead atoms. The molecule has 0 fully saturated rings. The summed E-state index contributed by atoms with van der Waals surface area (Å²) in [6, 6.07) is 6.28. The number of hydrogen-bond donors (Lipinski definition) is 1. The molecule has 1 heterocycles. The Balaban J connectivity index is 2.60. The van der Waals surface area contributed by atoms with Crippen LogP contribution in [0.5, 0.6) is 0 Å². The summed E-state index contributed by atoms with van der Waals surface area (Å²) in [5.74, 6) is 0. The molecule has 3 heteroatoms. The second-order valence-corrected chi connectivity index (χ2v) is 6.33. The van der Waals surface area contributed by atoms with Crippen molar-refractivity contribution in [2.45, 2.75) is 53.5 Å². The van der Waals surface area contributed by atoms with Crippen molar-refractivity contribution in [1.29, 1.82) is 0 Å². The minimum atomic E-state index is 0.369. The number of aryl methyl sites for hydroxylation is 1. The topological polar surface area (TPSA) is 28.2 Å². The fourth-order valence-corrected chi connectivity index (χ4v) is 2.90. The van der Waals surface area contributed by atoms with Crippen LogP contribution < -0.4 is 5.32 Å². The zero-order chi connectivity index (χ0) is 15.7. The highest BCUT2D eigenvalue weighted by Gasteiger charge is 2.27. The Labute approximate surface area is 131 Å². The minimum Gasteiger partial charge on any atom is -0.316 e. The number of rotatable bonds is 10. The third kappa shape index (κ3) is 6.15. The molecule has 0 aliphatic rings. The van der Waals surface area contributed by atoms with Crippen molar-refractivity contribution in [2.75, 3.05) is 26.7 Å². The molecule has 0 aliphatic carbocycles. The Morgan fingerprint density at radius 1 is 1.19 bits per heavy atom. The molecule has 0 amide bonds. The fraction of sp³-hybridized carbons (Fsp3) is 0.722. The summed E-state index contributed by atoms with van der Waals surface area (Å²) in [6.07, 6.45) is 3.63. The van der Waals surface area contributed by atoms with E-state index in [9.17, 15) is 0 Å². The van der Waals surface area contributed by atoms with Gasteiger partial charge in [0.15, 0.2) is 0 Å². The molecule has 21 heavy (non-hydrogen) atoms. The molecule has 0 saturated heterocycles. The van der Waals surface area contributed by atoms with Gasteiger partial charge in [-0.1, -0.05) is 26.8 Å². The molecule has 1 N–H and O–H groups in total. The lowest BCUT2D eigenvalue weighted by molar-refractivity contribution is 0.150. The van der Waals surface area contributed by atoms with Crippen molar-refractivity contribution in [1.82, 2.24) is 15.2 Å². The molecule has 0 radical (unpaired) electrons. The summed E-state index contributed by atoms with van der Waals surface area (Å²) in [5, 5.41) is 3.61. The molecule has 0 aromatic carbocycles. The van der Waals surface area contributed by atoms with E-state index in [1.54, 1.807) is 0 Å². The molecule has 0 spiro atoms. The van der Waals surface area contributed by atoms with Crippen molar-refractivity contribution in [3.63, 3.8) is 0 Å². The molecule has 120 valence electrons. The van der Waals surface area contributed by atoms with Gasteiger partial charge in [0.2, 0.25) is 0 Å². The Hall–Kier alpha value is -0.930. The van der Waals surface area contributed by atoms with Crippen LogP contribution in [0.15, 0.2) is 18.2 Å². The Bertz CT molecular complexity index is 399. The van der Waals surface area contributed by atoms with E-state index < -0.39 is 0 Å². The average molecular weight is 291 g/mol. The minimum absolute atomic E-state index is 0.369. The predicted octanol–water partition coefficient (Wildman–Crippen LogP) is 3.63. The first-order valence-corrected chi connectivity index (χ1v) is 8.37. The Morgan fingerprint density at radius 3 is 2.48 bits per heavy atom. The molecule has 1 rings (SSSR count). The highest BCUT2D eigenvalue weighted by atomic mass is 15.1. The third-order valence-corrected chi connectivity index (χ3v) is 4.41. The van der Waals surface area contributed by atoms with Crippen molar-refractivity contribution in [3.8, 4) is 0 Å². The van der Waals surface area contributed by atoms with E-state index in [1.165, 1.54) is 25.0 Å². The zero-order valence-electron chi connectivity index (χ0n) is 14.6. The van der Waals surface area contributed by atoms with Gasteiger partial charge in [-0.3, -0.25) is 9.88 Å². The van der Waals surface area contributed by atoms with Gasteiger partial charge in [0, 0.05) is 25.3 Å². The van der Waals surface area contributed by atoms with Gasteiger partial charge in [-0.2, -0.15) is 0 Å². The molecule has 1 aromatic heterocycles. The van der Waals surface area contributed by atoms with Crippen LogP contribution in [-0.4, -0.2) is 36.6 Å². The summed E-state index contributed by atoms with van der Waals surface area (Å²) < 4.78 is 0. The fourth-order valence-electron chi connectivity index (χ4n) is 2.90. The van der Waals surface area contributed by atoms with E-state index in [0.717, 1.165) is 31.9 Å². The first-order valence-electron chi connectivity index (χ1n) is 8.37. The monoisotopic (exact) mass is 291 g/mol. The molecule has 1 aromatic rings. The Morgan fingerprint density at radius 2 is 1.90 bits per heavy atom. The number of nitrogens with one attached hydrogen (secondary N) is 1. The van der Waals surface area contributed by atoms with Gasteiger partial charge in [0.25, 0.3) is 0 Å². The normalized spacial score (nSPS) is 12.1. The van der Waals surface area contributed by atoms with Gasteiger partial charge in [0.1, 0.15) is 0 Å². The lowest BCUT2D eigenvalue weighted by atomic mass is 9.81. The van der Waals surface area contributed by atoms with Gasteiger partial charge in [-0.05, 0) is 57.3 Å². The molecular weight excluding hydrogens is 258 g/mol. The van der Waals surface area contributed by atoms with Crippen LogP contribution in [0.3, 0.4) is 0 Å². The van der Waals surface area contributed by atoms with Crippen molar-refractivity contribution in [3.05, 3.63) is 29.6 Å². The van der Waals surface area contributed by atoms with Gasteiger partial charge in [-0.15, -0.1) is 0 Å². The van der Waals surface area contributed by atoms with E-state index in [4.69, 9.17) is 0 Å². The second kappa shape index (κ2) is 9.16. The van der Waals surface area contributed by atoms with Crippen LogP contribution in [0.4, 0.5) is 0 Å². The summed E-state index contributed by atoms with van der Waals surface area (Å²) in [6.45, 7) is 13.2. The lowest BCUT2D eigenvalue weighted by Gasteiger charge is -2.36. The van der Waals surface area contributed by atoms with Crippen molar-refractivity contribution < 1.29 is 0 Å². The lowest BCUT2D eigenvalue weighted by Crippen LogP contribution is -2.42. The predicted molar refractivity (Wildman–Crippen MR) is 91.5 cm³/mol. The quantitative estimate of drug-likeness (QED) is 0.667. The van der Waals surface area contributed by atoms with Gasteiger partial charge in [0.05, 0.1) is 5.69 Å². The number of aromatic nitrogens is 1. The zero-order valence-corrected chi connectivity index (χ0v) is 14.6. The first kappa shape index (κ1) is 18.1. The molecule has 0 aliphatic heterocycles. The van der Waals surface area contributed by atoms with E-state index in [0.29, 0.717) is 5.41 Å². The highest BCUT2D eigenvalue weighted by Crippen LogP contribution is 2.27. The van der Waals surface area contributed by atoms with Crippen LogP contribution >= 0.6 is 0 Å². The Kier molecular flexibility index (Phi) is 7.91. The molecular formula is C18H33N3. The van der Waals surface area contributed by atoms with E-state index in [2.05, 4.69) is 68.1 Å². The average Bonchev–Trinajstić information content (AvgIpc) is 2.46. The van der Waals surface area contributed by atoms with Crippen molar-refractivity contribution in [2.24, 2.45) is 5.41 Å². The van der Waals surface area contributed by atoms with Gasteiger partial charge in [-0.25, -0.2) is 0 Å². The molecule has 0 saturated carbocycles. The highest BCUT2D eigenvalue weighted by molar-refractivity contribution is 5.09. The maximum Gasteiger partial charge on any atom is 0.0547 e. The van der Waals surface area contributed by atoms with Crippen molar-refractivity contribution >= 4 is 0 Å². The molecule has 0 unspecified atom stereocenters. The second-order valence-electron chi connectivity index (χ2n) is 6.33. The van der Waals surface area contributed by atoms with Gasteiger partial charge >= 0.3 is 0 Å². The van der Waals surface area contributed by atoms with Crippen LogP contribution in [0.25, 0.3) is 0 Å². The third-order valence-electron chi connectivity index (χ3n) is 4.41.